The molecule has 0 aromatic heterocycles. The molecule has 0 bridgehead atoms. The Balaban J connectivity index is 3.66. The third-order valence-electron chi connectivity index (χ3n) is 2.36. The number of carbonyl (C=O) groups excluding carboxylic acids is 1. The summed E-state index contributed by atoms with van der Waals surface area (Å²) in [7, 11) is 0. The minimum atomic E-state index is -0.857. The van der Waals surface area contributed by atoms with E-state index < -0.39 is 11.5 Å². The number of amides is 1. The van der Waals surface area contributed by atoms with Crippen LogP contribution >= 0.6 is 0 Å². The van der Waals surface area contributed by atoms with Crippen LogP contribution in [0.15, 0.2) is 0 Å². The molecule has 0 radical (unpaired) electrons. The number of rotatable bonds is 7. The van der Waals surface area contributed by atoms with Gasteiger partial charge in [0.2, 0.25) is 5.91 Å². The number of hydrogen-bond donors (Lipinski definition) is 3. The molecular formula is C11H22N2O3. The van der Waals surface area contributed by atoms with Crippen LogP contribution in [0.4, 0.5) is 0 Å². The summed E-state index contributed by atoms with van der Waals surface area (Å²) in [5.41, 5.74) is 4.75. The van der Waals surface area contributed by atoms with E-state index in [4.69, 9.17) is 10.8 Å². The predicted octanol–water partition coefficient (Wildman–Crippen LogP) is 0.731. The molecule has 0 fully saturated rings. The van der Waals surface area contributed by atoms with Crippen LogP contribution in [0.1, 0.15) is 40.0 Å². The lowest BCUT2D eigenvalue weighted by atomic mass is 10.0. The van der Waals surface area contributed by atoms with Gasteiger partial charge in [0.15, 0.2) is 0 Å². The molecule has 94 valence electrons. The summed E-state index contributed by atoms with van der Waals surface area (Å²) in [6, 6.07) is 0. The van der Waals surface area contributed by atoms with E-state index in [1.807, 2.05) is 6.92 Å². The molecule has 0 saturated carbocycles. The molecule has 0 aromatic carbocycles. The summed E-state index contributed by atoms with van der Waals surface area (Å²) >= 11 is 0. The monoisotopic (exact) mass is 230 g/mol. The van der Waals surface area contributed by atoms with Gasteiger partial charge in [-0.05, 0) is 32.6 Å². The van der Waals surface area contributed by atoms with E-state index in [9.17, 15) is 9.59 Å². The van der Waals surface area contributed by atoms with Crippen LogP contribution in [-0.2, 0) is 9.59 Å². The van der Waals surface area contributed by atoms with Crippen LogP contribution in [0.2, 0.25) is 0 Å². The molecule has 0 rings (SSSR count). The number of carboxylic acids is 1. The first-order valence-corrected chi connectivity index (χ1v) is 5.52. The SMILES string of the molecule is CC(CCNC(=O)C(C)(C)N)CCC(=O)O. The van der Waals surface area contributed by atoms with Gasteiger partial charge >= 0.3 is 5.97 Å². The van der Waals surface area contributed by atoms with Gasteiger partial charge in [-0.15, -0.1) is 0 Å². The van der Waals surface area contributed by atoms with Crippen molar-refractivity contribution in [1.82, 2.24) is 5.32 Å². The molecule has 0 aromatic rings. The Morgan fingerprint density at radius 1 is 1.38 bits per heavy atom. The van der Waals surface area contributed by atoms with Crippen LogP contribution in [0.5, 0.6) is 0 Å². The van der Waals surface area contributed by atoms with Gasteiger partial charge in [-0.3, -0.25) is 9.59 Å². The number of carboxylic acid groups (broad SMARTS) is 1. The maximum atomic E-state index is 11.4. The predicted molar refractivity (Wildman–Crippen MR) is 61.9 cm³/mol. The van der Waals surface area contributed by atoms with Gasteiger partial charge < -0.3 is 16.2 Å². The maximum Gasteiger partial charge on any atom is 0.303 e. The second-order valence-electron chi connectivity index (χ2n) is 4.80. The number of aliphatic carboxylic acids is 1. The lowest BCUT2D eigenvalue weighted by Crippen LogP contribution is -2.49. The molecule has 4 N–H and O–H groups in total. The highest BCUT2D eigenvalue weighted by molar-refractivity contribution is 5.84. The Kier molecular flexibility index (Phi) is 6.03. The van der Waals surface area contributed by atoms with Crippen molar-refractivity contribution in [2.24, 2.45) is 11.7 Å². The Hall–Kier alpha value is -1.10. The van der Waals surface area contributed by atoms with E-state index >= 15 is 0 Å². The van der Waals surface area contributed by atoms with Crippen LogP contribution in [0.25, 0.3) is 0 Å². The molecule has 5 heteroatoms. The van der Waals surface area contributed by atoms with E-state index in [1.165, 1.54) is 0 Å². The zero-order valence-electron chi connectivity index (χ0n) is 10.2. The summed E-state index contributed by atoms with van der Waals surface area (Å²) in [6.07, 6.45) is 1.59. The van der Waals surface area contributed by atoms with Gasteiger partial charge in [0, 0.05) is 13.0 Å². The fraction of sp³-hybridized carbons (Fsp3) is 0.818. The summed E-state index contributed by atoms with van der Waals surface area (Å²) in [4.78, 5) is 21.7. The van der Waals surface area contributed by atoms with Gasteiger partial charge in [-0.1, -0.05) is 6.92 Å². The number of nitrogens with two attached hydrogens (primary N) is 1. The average molecular weight is 230 g/mol. The Bertz CT molecular complexity index is 246. The minimum Gasteiger partial charge on any atom is -0.481 e. The van der Waals surface area contributed by atoms with E-state index in [-0.39, 0.29) is 18.2 Å². The normalized spacial score (nSPS) is 13.2. The fourth-order valence-corrected chi connectivity index (χ4v) is 1.17. The van der Waals surface area contributed by atoms with Crippen molar-refractivity contribution in [3.05, 3.63) is 0 Å². The molecule has 0 aliphatic heterocycles. The van der Waals surface area contributed by atoms with Crippen molar-refractivity contribution in [2.75, 3.05) is 6.54 Å². The van der Waals surface area contributed by atoms with Crippen LogP contribution in [0, 0.1) is 5.92 Å². The van der Waals surface area contributed by atoms with Gasteiger partial charge in [-0.2, -0.15) is 0 Å². The van der Waals surface area contributed by atoms with Crippen molar-refractivity contribution in [3.63, 3.8) is 0 Å². The number of carbonyl (C=O) groups is 2. The summed E-state index contributed by atoms with van der Waals surface area (Å²) in [5, 5.41) is 11.2. The largest absolute Gasteiger partial charge is 0.481 e. The second-order valence-corrected chi connectivity index (χ2v) is 4.80. The smallest absolute Gasteiger partial charge is 0.303 e. The molecule has 0 aliphatic carbocycles. The zero-order valence-corrected chi connectivity index (χ0v) is 10.2. The first kappa shape index (κ1) is 14.9. The van der Waals surface area contributed by atoms with Gasteiger partial charge in [0.1, 0.15) is 0 Å². The summed E-state index contributed by atoms with van der Waals surface area (Å²) < 4.78 is 0. The fourth-order valence-electron chi connectivity index (χ4n) is 1.17. The maximum absolute atomic E-state index is 11.4. The van der Waals surface area contributed by atoms with Crippen LogP contribution < -0.4 is 11.1 Å². The molecule has 0 spiro atoms. The van der Waals surface area contributed by atoms with Gasteiger partial charge in [0.25, 0.3) is 0 Å². The highest BCUT2D eigenvalue weighted by atomic mass is 16.4. The molecule has 5 nitrogen and oxygen atoms in total. The van der Waals surface area contributed by atoms with E-state index in [2.05, 4.69) is 5.32 Å². The van der Waals surface area contributed by atoms with Crippen molar-refractivity contribution in [3.8, 4) is 0 Å². The van der Waals surface area contributed by atoms with E-state index in [0.29, 0.717) is 13.0 Å². The molecule has 16 heavy (non-hydrogen) atoms. The average Bonchev–Trinajstić information content (AvgIpc) is 2.13. The molecule has 0 heterocycles. The first-order chi connectivity index (χ1) is 7.23. The van der Waals surface area contributed by atoms with Crippen molar-refractivity contribution < 1.29 is 14.7 Å². The standard InChI is InChI=1S/C11H22N2O3/c1-8(4-5-9(14)15)6-7-13-10(16)11(2,3)12/h8H,4-7,12H2,1-3H3,(H,13,16)(H,14,15). The number of nitrogens with one attached hydrogen (secondary N) is 1. The van der Waals surface area contributed by atoms with Crippen molar-refractivity contribution >= 4 is 11.9 Å². The highest BCUT2D eigenvalue weighted by Crippen LogP contribution is 2.09. The van der Waals surface area contributed by atoms with Crippen LogP contribution in [0.3, 0.4) is 0 Å². The molecule has 0 saturated heterocycles. The summed E-state index contributed by atoms with van der Waals surface area (Å²) in [6.45, 7) is 5.81. The minimum absolute atomic E-state index is 0.178. The lowest BCUT2D eigenvalue weighted by molar-refractivity contribution is -0.137. The lowest BCUT2D eigenvalue weighted by Gasteiger charge is -2.18. The molecule has 0 aliphatic rings. The number of hydrogen-bond acceptors (Lipinski definition) is 3. The van der Waals surface area contributed by atoms with Crippen LogP contribution in [-0.4, -0.2) is 29.1 Å². The van der Waals surface area contributed by atoms with Gasteiger partial charge in [0.05, 0.1) is 5.54 Å². The topological polar surface area (TPSA) is 92.4 Å². The highest BCUT2D eigenvalue weighted by Gasteiger charge is 2.21. The van der Waals surface area contributed by atoms with E-state index in [0.717, 1.165) is 6.42 Å². The first-order valence-electron chi connectivity index (χ1n) is 5.52. The summed E-state index contributed by atoms with van der Waals surface area (Å²) in [5.74, 6) is -0.672. The third kappa shape index (κ3) is 7.23. The third-order valence-corrected chi connectivity index (χ3v) is 2.36. The Labute approximate surface area is 96.4 Å². The van der Waals surface area contributed by atoms with Crippen molar-refractivity contribution in [2.45, 2.75) is 45.6 Å². The van der Waals surface area contributed by atoms with Crippen molar-refractivity contribution in [1.29, 1.82) is 0 Å². The molecular weight excluding hydrogens is 208 g/mol. The molecule has 1 atom stereocenters. The molecule has 1 amide bonds. The molecule has 1 unspecified atom stereocenters. The second kappa shape index (κ2) is 6.48. The van der Waals surface area contributed by atoms with E-state index in [1.54, 1.807) is 13.8 Å². The Morgan fingerprint density at radius 3 is 2.38 bits per heavy atom. The van der Waals surface area contributed by atoms with Gasteiger partial charge in [-0.25, -0.2) is 0 Å². The quantitative estimate of drug-likeness (QED) is 0.601. The zero-order chi connectivity index (χ0) is 12.8. The Morgan fingerprint density at radius 2 is 1.94 bits per heavy atom.